The zero-order chi connectivity index (χ0) is 25.3. The van der Waals surface area contributed by atoms with Crippen molar-refractivity contribution in [3.63, 3.8) is 0 Å². The zero-order valence-corrected chi connectivity index (χ0v) is 20.7. The summed E-state index contributed by atoms with van der Waals surface area (Å²) in [4.78, 5) is 57.6. The highest BCUT2D eigenvalue weighted by Gasteiger charge is 2.45. The van der Waals surface area contributed by atoms with Gasteiger partial charge in [-0.25, -0.2) is 4.98 Å². The van der Waals surface area contributed by atoms with E-state index in [1.165, 1.54) is 16.6 Å². The summed E-state index contributed by atoms with van der Waals surface area (Å²) in [6, 6.07) is 14.1. The van der Waals surface area contributed by atoms with Gasteiger partial charge >= 0.3 is 5.97 Å². The highest BCUT2D eigenvalue weighted by Crippen LogP contribution is 2.38. The van der Waals surface area contributed by atoms with E-state index in [1.807, 2.05) is 0 Å². The lowest BCUT2D eigenvalue weighted by Crippen LogP contribution is -2.60. The maximum Gasteiger partial charge on any atom is 0.307 e. The van der Waals surface area contributed by atoms with Crippen molar-refractivity contribution < 1.29 is 19.1 Å². The Bertz CT molecular complexity index is 1380. The van der Waals surface area contributed by atoms with Crippen LogP contribution in [0.3, 0.4) is 0 Å². The Balaban J connectivity index is 1.72. The van der Waals surface area contributed by atoms with E-state index in [1.54, 1.807) is 69.3 Å². The number of methoxy groups -OCH3 is 1. The molecule has 0 bridgehead atoms. The van der Waals surface area contributed by atoms with E-state index >= 15 is 0 Å². The van der Waals surface area contributed by atoms with Crippen LogP contribution in [0.15, 0.2) is 58.5 Å². The van der Waals surface area contributed by atoms with Gasteiger partial charge < -0.3 is 10.1 Å². The van der Waals surface area contributed by atoms with Crippen molar-refractivity contribution >= 4 is 51.8 Å². The summed E-state index contributed by atoms with van der Waals surface area (Å²) < 4.78 is 6.12. The van der Waals surface area contributed by atoms with Crippen LogP contribution in [0.25, 0.3) is 10.9 Å². The highest BCUT2D eigenvalue weighted by molar-refractivity contribution is 8.00. The number of benzene rings is 2. The molecule has 1 atom stereocenters. The molecular formula is C25H26N4O5S. The second-order valence-corrected chi connectivity index (χ2v) is 9.97. The van der Waals surface area contributed by atoms with Gasteiger partial charge in [0.25, 0.3) is 5.56 Å². The topological polar surface area (TPSA) is 111 Å². The summed E-state index contributed by atoms with van der Waals surface area (Å²) in [5, 5.41) is 2.89. The van der Waals surface area contributed by atoms with Crippen LogP contribution in [0.4, 0.5) is 11.4 Å². The van der Waals surface area contributed by atoms with Gasteiger partial charge in [-0.05, 0) is 45.0 Å². The number of thioether (sulfide) groups is 1. The van der Waals surface area contributed by atoms with Gasteiger partial charge in [-0.2, -0.15) is 0 Å². The van der Waals surface area contributed by atoms with Gasteiger partial charge in [0.1, 0.15) is 5.54 Å². The van der Waals surface area contributed by atoms with E-state index in [-0.39, 0.29) is 30.3 Å². The molecule has 10 heteroatoms. The third-order valence-corrected chi connectivity index (χ3v) is 7.03. The molecule has 1 N–H and O–H groups in total. The fourth-order valence-corrected chi connectivity index (χ4v) is 4.95. The summed E-state index contributed by atoms with van der Waals surface area (Å²) in [6.45, 7) is 5.15. The van der Waals surface area contributed by atoms with Crippen molar-refractivity contribution in [1.29, 1.82) is 0 Å². The number of rotatable bonds is 6. The van der Waals surface area contributed by atoms with Crippen LogP contribution < -0.4 is 15.8 Å². The van der Waals surface area contributed by atoms with Crippen LogP contribution in [0.5, 0.6) is 0 Å². The first-order valence-corrected chi connectivity index (χ1v) is 12.0. The van der Waals surface area contributed by atoms with Crippen molar-refractivity contribution in [2.75, 3.05) is 17.3 Å². The quantitative estimate of drug-likeness (QED) is 0.318. The van der Waals surface area contributed by atoms with Crippen LogP contribution in [0.1, 0.15) is 27.2 Å². The Labute approximate surface area is 206 Å². The molecule has 2 amide bonds. The molecule has 2 aromatic carbocycles. The third-order valence-electron chi connectivity index (χ3n) is 5.95. The van der Waals surface area contributed by atoms with Gasteiger partial charge in [0, 0.05) is 6.54 Å². The number of esters is 1. The van der Waals surface area contributed by atoms with Crippen molar-refractivity contribution in [3.8, 4) is 0 Å². The second-order valence-electron chi connectivity index (χ2n) is 8.66. The lowest BCUT2D eigenvalue weighted by atomic mass is 9.96. The number of para-hydroxylation sites is 3. The Morgan fingerprint density at radius 2 is 1.80 bits per heavy atom. The fourth-order valence-electron chi connectivity index (χ4n) is 3.98. The molecule has 9 nitrogen and oxygen atoms in total. The van der Waals surface area contributed by atoms with Gasteiger partial charge in [-0.1, -0.05) is 36.0 Å². The maximum atomic E-state index is 13.7. The number of carbonyl (C=O) groups excluding carboxylic acids is 3. The summed E-state index contributed by atoms with van der Waals surface area (Å²) >= 11 is 1.11. The minimum Gasteiger partial charge on any atom is -0.469 e. The average molecular weight is 495 g/mol. The first kappa shape index (κ1) is 24.5. The number of amides is 2. The Kier molecular flexibility index (Phi) is 6.66. The second kappa shape index (κ2) is 9.53. The van der Waals surface area contributed by atoms with Crippen LogP contribution >= 0.6 is 11.8 Å². The summed E-state index contributed by atoms with van der Waals surface area (Å²) in [5.41, 5.74) is 0.230. The molecule has 0 aliphatic carbocycles. The lowest BCUT2D eigenvalue weighted by Gasteiger charge is -2.43. The molecule has 0 radical (unpaired) electrons. The number of aromatic nitrogens is 2. The molecule has 3 aromatic rings. The Morgan fingerprint density at radius 3 is 2.54 bits per heavy atom. The number of hydrogen-bond acceptors (Lipinski definition) is 7. The van der Waals surface area contributed by atoms with Crippen molar-refractivity contribution in [2.45, 2.75) is 49.7 Å². The SMILES string of the molecule is COC(=O)CCn1c(S[C@H](C)C(=O)N2c3ccccc3NC(=O)C2(C)C)nc2ccccc2c1=O. The maximum absolute atomic E-state index is 13.7. The average Bonchev–Trinajstić information content (AvgIpc) is 2.84. The monoisotopic (exact) mass is 494 g/mol. The molecule has 1 aliphatic heterocycles. The first-order chi connectivity index (χ1) is 16.6. The van der Waals surface area contributed by atoms with E-state index in [9.17, 15) is 19.2 Å². The van der Waals surface area contributed by atoms with E-state index < -0.39 is 16.8 Å². The van der Waals surface area contributed by atoms with Crippen molar-refractivity contribution in [3.05, 3.63) is 58.9 Å². The van der Waals surface area contributed by atoms with E-state index in [0.717, 1.165) is 11.8 Å². The summed E-state index contributed by atoms with van der Waals surface area (Å²) in [7, 11) is 1.29. The minimum absolute atomic E-state index is 0.0149. The van der Waals surface area contributed by atoms with Gasteiger partial charge in [-0.15, -0.1) is 0 Å². The molecule has 4 rings (SSSR count). The molecule has 0 unspecified atom stereocenters. The van der Waals surface area contributed by atoms with Crippen molar-refractivity contribution in [2.24, 2.45) is 0 Å². The zero-order valence-electron chi connectivity index (χ0n) is 19.9. The standard InChI is InChI=1S/C25H26N4O5S/c1-15(21(31)29-19-12-8-7-11-18(19)26-23(33)25(29,2)3)35-24-27-17-10-6-5-9-16(17)22(32)28(24)14-13-20(30)34-4/h5-12,15H,13-14H2,1-4H3,(H,26,33)/t15-/m1/s1. The predicted octanol–water partition coefficient (Wildman–Crippen LogP) is 3.20. The van der Waals surface area contributed by atoms with Crippen LogP contribution in [-0.2, 0) is 25.7 Å². The molecule has 0 fully saturated rings. The van der Waals surface area contributed by atoms with Crippen LogP contribution in [0, 0.1) is 0 Å². The Hall–Kier alpha value is -3.66. The van der Waals surface area contributed by atoms with Gasteiger partial charge in [-0.3, -0.25) is 28.6 Å². The molecule has 0 spiro atoms. The molecule has 182 valence electrons. The highest BCUT2D eigenvalue weighted by atomic mass is 32.2. The first-order valence-electron chi connectivity index (χ1n) is 11.1. The molecular weight excluding hydrogens is 468 g/mol. The summed E-state index contributed by atoms with van der Waals surface area (Å²) in [5.74, 6) is -1.05. The molecule has 2 heterocycles. The van der Waals surface area contributed by atoms with E-state index in [4.69, 9.17) is 4.74 Å². The third kappa shape index (κ3) is 4.53. The number of hydrogen-bond donors (Lipinski definition) is 1. The number of nitrogens with one attached hydrogen (secondary N) is 1. The van der Waals surface area contributed by atoms with Crippen molar-refractivity contribution in [1.82, 2.24) is 9.55 Å². The number of carbonyl (C=O) groups is 3. The lowest BCUT2D eigenvalue weighted by molar-refractivity contribution is -0.140. The smallest absolute Gasteiger partial charge is 0.307 e. The van der Waals surface area contributed by atoms with E-state index in [0.29, 0.717) is 27.4 Å². The van der Waals surface area contributed by atoms with Crippen LogP contribution in [-0.4, -0.2) is 45.2 Å². The van der Waals surface area contributed by atoms with Gasteiger partial charge in [0.05, 0.1) is 41.1 Å². The number of fused-ring (bicyclic) bond motifs is 2. The van der Waals surface area contributed by atoms with Gasteiger partial charge in [0.2, 0.25) is 11.8 Å². The van der Waals surface area contributed by atoms with Crippen LogP contribution in [0.2, 0.25) is 0 Å². The minimum atomic E-state index is -1.12. The molecule has 0 saturated carbocycles. The van der Waals surface area contributed by atoms with E-state index in [2.05, 4.69) is 10.3 Å². The fraction of sp³-hybridized carbons (Fsp3) is 0.320. The molecule has 35 heavy (non-hydrogen) atoms. The molecule has 0 saturated heterocycles. The largest absolute Gasteiger partial charge is 0.469 e. The number of nitrogens with zero attached hydrogens (tertiary/aromatic N) is 3. The normalized spacial score (nSPS) is 15.3. The molecule has 1 aromatic heterocycles. The molecule has 1 aliphatic rings. The predicted molar refractivity (Wildman–Crippen MR) is 135 cm³/mol. The van der Waals surface area contributed by atoms with Gasteiger partial charge in [0.15, 0.2) is 5.16 Å². The number of ether oxygens (including phenoxy) is 1. The number of anilines is 2. The Morgan fingerprint density at radius 1 is 1.11 bits per heavy atom. The summed E-state index contributed by atoms with van der Waals surface area (Å²) in [6.07, 6.45) is -0.0149.